The number of amides is 1. The molecule has 1 amide bonds. The van der Waals surface area contributed by atoms with Crippen molar-refractivity contribution in [2.75, 3.05) is 24.2 Å². The fourth-order valence-corrected chi connectivity index (χ4v) is 4.98. The maximum Gasteiger partial charge on any atom is 0.255 e. The van der Waals surface area contributed by atoms with E-state index < -0.39 is 12.0 Å². The Morgan fingerprint density at radius 1 is 1.11 bits per heavy atom. The SMILES string of the molecule is CNc1ncnc2ccc(-c3ccc(CNc4ncccc4C(=O)NCC4=CC[C@H](F)C(F)=C4)s3)cc12. The van der Waals surface area contributed by atoms with Crippen molar-refractivity contribution in [3.05, 3.63) is 89.0 Å². The number of anilines is 2. The first-order chi connectivity index (χ1) is 18.0. The Balaban J connectivity index is 1.25. The molecule has 3 N–H and O–H groups in total. The van der Waals surface area contributed by atoms with E-state index in [2.05, 4.69) is 43.0 Å². The highest BCUT2D eigenvalue weighted by molar-refractivity contribution is 7.15. The van der Waals surface area contributed by atoms with Gasteiger partial charge in [0.25, 0.3) is 5.91 Å². The maximum absolute atomic E-state index is 13.5. The van der Waals surface area contributed by atoms with Crippen molar-refractivity contribution in [2.24, 2.45) is 0 Å². The first kappa shape index (κ1) is 24.5. The second-order valence-electron chi connectivity index (χ2n) is 8.42. The molecule has 10 heteroatoms. The molecule has 0 saturated heterocycles. The molecule has 0 saturated carbocycles. The largest absolute Gasteiger partial charge is 0.373 e. The zero-order valence-electron chi connectivity index (χ0n) is 20.0. The number of allylic oxidation sites excluding steroid dienone is 2. The van der Waals surface area contributed by atoms with Gasteiger partial charge in [0.05, 0.1) is 17.6 Å². The van der Waals surface area contributed by atoms with Crippen LogP contribution in [0.2, 0.25) is 0 Å². The van der Waals surface area contributed by atoms with Gasteiger partial charge in [0.1, 0.15) is 23.8 Å². The van der Waals surface area contributed by atoms with E-state index in [0.717, 1.165) is 38.1 Å². The molecule has 5 rings (SSSR count). The van der Waals surface area contributed by atoms with E-state index in [0.29, 0.717) is 23.5 Å². The molecule has 4 aromatic rings. The summed E-state index contributed by atoms with van der Waals surface area (Å²) in [6, 6.07) is 13.5. The summed E-state index contributed by atoms with van der Waals surface area (Å²) in [4.78, 5) is 27.9. The molecule has 1 aliphatic carbocycles. The third-order valence-corrected chi connectivity index (χ3v) is 7.10. The van der Waals surface area contributed by atoms with Gasteiger partial charge in [-0.1, -0.05) is 12.1 Å². The number of halogens is 2. The van der Waals surface area contributed by atoms with Gasteiger partial charge in [-0.05, 0) is 53.6 Å². The Hall–Kier alpha value is -4.18. The monoisotopic (exact) mass is 518 g/mol. The number of carbonyl (C=O) groups is 1. The third kappa shape index (κ3) is 5.49. The minimum absolute atomic E-state index is 0.0281. The first-order valence-electron chi connectivity index (χ1n) is 11.7. The van der Waals surface area contributed by atoms with Crippen LogP contribution in [-0.2, 0) is 6.54 Å². The van der Waals surface area contributed by atoms with Crippen molar-refractivity contribution in [1.82, 2.24) is 20.3 Å². The maximum atomic E-state index is 13.5. The van der Waals surface area contributed by atoms with E-state index in [1.54, 1.807) is 42.1 Å². The smallest absolute Gasteiger partial charge is 0.255 e. The van der Waals surface area contributed by atoms with Crippen LogP contribution in [0.25, 0.3) is 21.3 Å². The second-order valence-corrected chi connectivity index (χ2v) is 9.59. The van der Waals surface area contributed by atoms with Gasteiger partial charge in [0.15, 0.2) is 6.17 Å². The van der Waals surface area contributed by atoms with Gasteiger partial charge >= 0.3 is 0 Å². The quantitative estimate of drug-likeness (QED) is 0.279. The number of carbonyl (C=O) groups excluding carboxylic acids is 1. The summed E-state index contributed by atoms with van der Waals surface area (Å²) in [5, 5.41) is 10.1. The number of thiophene rings is 1. The summed E-state index contributed by atoms with van der Waals surface area (Å²) < 4.78 is 26.8. The molecule has 37 heavy (non-hydrogen) atoms. The van der Waals surface area contributed by atoms with Crippen LogP contribution >= 0.6 is 11.3 Å². The zero-order chi connectivity index (χ0) is 25.8. The lowest BCUT2D eigenvalue weighted by Crippen LogP contribution is -2.27. The van der Waals surface area contributed by atoms with Crippen molar-refractivity contribution in [2.45, 2.75) is 19.1 Å². The van der Waals surface area contributed by atoms with Crippen molar-refractivity contribution in [1.29, 1.82) is 0 Å². The second kappa shape index (κ2) is 10.8. The Kier molecular flexibility index (Phi) is 7.18. The van der Waals surface area contributed by atoms with Crippen LogP contribution in [0.1, 0.15) is 21.7 Å². The van der Waals surface area contributed by atoms with Gasteiger partial charge in [-0.15, -0.1) is 11.3 Å². The van der Waals surface area contributed by atoms with Crippen LogP contribution in [-0.4, -0.2) is 40.6 Å². The molecule has 0 bridgehead atoms. The van der Waals surface area contributed by atoms with Crippen molar-refractivity contribution in [3.8, 4) is 10.4 Å². The molecular formula is C27H24F2N6OS. The van der Waals surface area contributed by atoms with Crippen LogP contribution in [0.3, 0.4) is 0 Å². The lowest BCUT2D eigenvalue weighted by Gasteiger charge is -2.14. The van der Waals surface area contributed by atoms with E-state index >= 15 is 0 Å². The summed E-state index contributed by atoms with van der Waals surface area (Å²) in [6.07, 6.45) is 4.24. The van der Waals surface area contributed by atoms with Crippen LogP contribution in [0.4, 0.5) is 20.4 Å². The van der Waals surface area contributed by atoms with E-state index in [4.69, 9.17) is 0 Å². The van der Waals surface area contributed by atoms with Gasteiger partial charge in [0.2, 0.25) is 0 Å². The Morgan fingerprint density at radius 2 is 2.00 bits per heavy atom. The predicted molar refractivity (Wildman–Crippen MR) is 143 cm³/mol. The topological polar surface area (TPSA) is 91.8 Å². The molecule has 1 aromatic carbocycles. The average Bonchev–Trinajstić information content (AvgIpc) is 3.41. The number of nitrogens with zero attached hydrogens (tertiary/aromatic N) is 3. The van der Waals surface area contributed by atoms with Gasteiger partial charge < -0.3 is 16.0 Å². The third-order valence-electron chi connectivity index (χ3n) is 5.96. The van der Waals surface area contributed by atoms with Crippen LogP contribution in [0, 0.1) is 0 Å². The summed E-state index contributed by atoms with van der Waals surface area (Å²) in [5.41, 5.74) is 2.84. The van der Waals surface area contributed by atoms with Gasteiger partial charge in [0, 0.05) is 41.4 Å². The van der Waals surface area contributed by atoms with Crippen LogP contribution in [0.5, 0.6) is 0 Å². The average molecular weight is 519 g/mol. The number of nitrogens with one attached hydrogen (secondary N) is 3. The van der Waals surface area contributed by atoms with Crippen molar-refractivity contribution >= 4 is 39.8 Å². The molecule has 3 aromatic heterocycles. The number of rotatable bonds is 8. The van der Waals surface area contributed by atoms with Gasteiger partial charge in [-0.3, -0.25) is 4.79 Å². The highest BCUT2D eigenvalue weighted by Gasteiger charge is 2.18. The minimum atomic E-state index is -1.60. The Morgan fingerprint density at radius 3 is 2.84 bits per heavy atom. The number of pyridine rings is 1. The molecule has 0 spiro atoms. The number of aromatic nitrogens is 3. The minimum Gasteiger partial charge on any atom is -0.373 e. The lowest BCUT2D eigenvalue weighted by molar-refractivity contribution is 0.0957. The number of hydrogen-bond acceptors (Lipinski definition) is 7. The molecule has 3 heterocycles. The van der Waals surface area contributed by atoms with Crippen molar-refractivity contribution < 1.29 is 13.6 Å². The highest BCUT2D eigenvalue weighted by atomic mass is 32.1. The van der Waals surface area contributed by atoms with Crippen LogP contribution in [0.15, 0.2) is 78.5 Å². The molecule has 188 valence electrons. The molecule has 1 atom stereocenters. The highest BCUT2D eigenvalue weighted by Crippen LogP contribution is 2.32. The molecule has 0 aliphatic heterocycles. The molecule has 0 fully saturated rings. The summed E-state index contributed by atoms with van der Waals surface area (Å²) in [6.45, 7) is 0.588. The van der Waals surface area contributed by atoms with E-state index in [1.807, 2.05) is 25.2 Å². The summed E-state index contributed by atoms with van der Waals surface area (Å²) in [7, 11) is 1.83. The first-order valence-corrected chi connectivity index (χ1v) is 12.5. The Bertz CT molecular complexity index is 1520. The normalized spacial score (nSPS) is 15.2. The van der Waals surface area contributed by atoms with E-state index in [9.17, 15) is 13.6 Å². The number of fused-ring (bicyclic) bond motifs is 1. The van der Waals surface area contributed by atoms with Gasteiger partial charge in [-0.2, -0.15) is 0 Å². The summed E-state index contributed by atoms with van der Waals surface area (Å²) in [5.74, 6) is 0.0574. The fraction of sp³-hybridized carbons (Fsp3) is 0.185. The molecule has 0 radical (unpaired) electrons. The van der Waals surface area contributed by atoms with E-state index in [-0.39, 0.29) is 18.9 Å². The number of benzene rings is 1. The van der Waals surface area contributed by atoms with Crippen molar-refractivity contribution in [3.63, 3.8) is 0 Å². The number of hydrogen-bond donors (Lipinski definition) is 3. The van der Waals surface area contributed by atoms with Crippen LogP contribution < -0.4 is 16.0 Å². The molecule has 0 unspecified atom stereocenters. The Labute approximate surface area is 216 Å². The standard InChI is InChI=1S/C27H24F2N6OS/c1-30-25-20-12-17(5-8-23(20)34-15-35-25)24-9-6-18(37-24)14-32-26-19(3-2-10-31-26)27(36)33-13-16-4-7-21(28)22(29)11-16/h2-6,8-12,15,21H,7,13-14H2,1H3,(H,31,32)(H,33,36)(H,30,34,35)/t21-/m0/s1. The zero-order valence-corrected chi connectivity index (χ0v) is 20.8. The number of alkyl halides is 1. The predicted octanol–water partition coefficient (Wildman–Crippen LogP) is 5.66. The summed E-state index contributed by atoms with van der Waals surface area (Å²) >= 11 is 1.64. The van der Waals surface area contributed by atoms with E-state index in [1.165, 1.54) is 0 Å². The lowest BCUT2D eigenvalue weighted by atomic mass is 10.0. The molecule has 1 aliphatic rings. The fourth-order valence-electron chi connectivity index (χ4n) is 4.03. The van der Waals surface area contributed by atoms with Gasteiger partial charge in [-0.25, -0.2) is 23.7 Å². The molecule has 7 nitrogen and oxygen atoms in total. The molecular weight excluding hydrogens is 494 g/mol.